The van der Waals surface area contributed by atoms with Crippen molar-refractivity contribution in [2.75, 3.05) is 6.61 Å². The van der Waals surface area contributed by atoms with Crippen LogP contribution in [0.2, 0.25) is 0 Å². The lowest BCUT2D eigenvalue weighted by Gasteiger charge is -2.25. The molecule has 8 nitrogen and oxygen atoms in total. The Balaban J connectivity index is 1.95. The first-order chi connectivity index (χ1) is 12.9. The van der Waals surface area contributed by atoms with Gasteiger partial charge in [0.1, 0.15) is 11.3 Å². The van der Waals surface area contributed by atoms with E-state index < -0.39 is 17.8 Å². The van der Waals surface area contributed by atoms with Crippen molar-refractivity contribution in [3.05, 3.63) is 51.0 Å². The number of carbonyl (C=O) groups excluding carboxylic acids is 3. The van der Waals surface area contributed by atoms with Crippen LogP contribution in [0.4, 0.5) is 4.79 Å². The zero-order chi connectivity index (χ0) is 19.6. The summed E-state index contributed by atoms with van der Waals surface area (Å²) in [5.74, 6) is -0.898. The van der Waals surface area contributed by atoms with E-state index in [1.54, 1.807) is 25.1 Å². The van der Waals surface area contributed by atoms with Gasteiger partial charge in [0.25, 0.3) is 11.8 Å². The van der Waals surface area contributed by atoms with E-state index in [4.69, 9.17) is 9.15 Å². The lowest BCUT2D eigenvalue weighted by Crippen LogP contribution is -2.53. The van der Waals surface area contributed by atoms with E-state index in [2.05, 4.69) is 5.32 Å². The summed E-state index contributed by atoms with van der Waals surface area (Å²) < 4.78 is 11.0. The molecule has 0 atom stereocenters. The van der Waals surface area contributed by atoms with E-state index >= 15 is 0 Å². The molecule has 2 aromatic rings. The summed E-state index contributed by atoms with van der Waals surface area (Å²) in [5, 5.41) is 12.2. The van der Waals surface area contributed by atoms with Crippen LogP contribution < -0.4 is 10.1 Å². The molecule has 1 aromatic heterocycles. The molecule has 0 aliphatic carbocycles. The SMILES string of the molecule is CCOc1cc(C=C2C(=O)NC(=O)N(Cc3ccco3)C2=O)cc(I)c1O. The highest BCUT2D eigenvalue weighted by atomic mass is 127. The normalized spacial score (nSPS) is 16.0. The maximum Gasteiger partial charge on any atom is 0.331 e. The number of phenolic OH excluding ortho intramolecular Hbond substituents is 1. The highest BCUT2D eigenvalue weighted by molar-refractivity contribution is 14.1. The Bertz CT molecular complexity index is 936. The quantitative estimate of drug-likeness (QED) is 0.386. The number of nitrogens with zero attached hydrogens (tertiary/aromatic N) is 1. The first-order valence-electron chi connectivity index (χ1n) is 7.97. The van der Waals surface area contributed by atoms with Crippen molar-refractivity contribution in [2.45, 2.75) is 13.5 Å². The zero-order valence-corrected chi connectivity index (χ0v) is 16.3. The lowest BCUT2D eigenvalue weighted by atomic mass is 10.1. The molecule has 0 radical (unpaired) electrons. The van der Waals surface area contributed by atoms with E-state index in [0.717, 1.165) is 4.90 Å². The van der Waals surface area contributed by atoms with Crippen LogP contribution in [0.5, 0.6) is 11.5 Å². The molecule has 1 saturated heterocycles. The fourth-order valence-electron chi connectivity index (χ4n) is 2.51. The van der Waals surface area contributed by atoms with Gasteiger partial charge in [0.2, 0.25) is 0 Å². The number of ether oxygens (including phenoxy) is 1. The van der Waals surface area contributed by atoms with Crippen molar-refractivity contribution in [3.8, 4) is 11.5 Å². The van der Waals surface area contributed by atoms with Crippen molar-refractivity contribution in [1.29, 1.82) is 0 Å². The molecule has 2 heterocycles. The van der Waals surface area contributed by atoms with Gasteiger partial charge < -0.3 is 14.3 Å². The molecule has 1 aliphatic rings. The molecule has 1 aromatic carbocycles. The van der Waals surface area contributed by atoms with Crippen LogP contribution in [-0.4, -0.2) is 34.5 Å². The second kappa shape index (κ2) is 7.82. The average molecular weight is 482 g/mol. The number of halogens is 1. The van der Waals surface area contributed by atoms with Gasteiger partial charge in [-0.2, -0.15) is 0 Å². The van der Waals surface area contributed by atoms with Crippen LogP contribution in [-0.2, 0) is 16.1 Å². The Morgan fingerprint density at radius 1 is 1.33 bits per heavy atom. The second-order valence-corrected chi connectivity index (χ2v) is 6.73. The molecule has 0 unspecified atom stereocenters. The van der Waals surface area contributed by atoms with E-state index in [0.29, 0.717) is 21.5 Å². The number of rotatable bonds is 5. The number of barbiturate groups is 1. The number of urea groups is 1. The van der Waals surface area contributed by atoms with Crippen molar-refractivity contribution in [2.24, 2.45) is 0 Å². The summed E-state index contributed by atoms with van der Waals surface area (Å²) in [6, 6.07) is 5.56. The van der Waals surface area contributed by atoms with Gasteiger partial charge in [0.05, 0.1) is 23.0 Å². The number of hydrogen-bond acceptors (Lipinski definition) is 6. The summed E-state index contributed by atoms with van der Waals surface area (Å²) in [5.41, 5.74) is 0.275. The summed E-state index contributed by atoms with van der Waals surface area (Å²) >= 11 is 1.92. The molecule has 2 N–H and O–H groups in total. The largest absolute Gasteiger partial charge is 0.504 e. The Hall–Kier alpha value is -2.82. The van der Waals surface area contributed by atoms with Gasteiger partial charge in [-0.25, -0.2) is 4.79 Å². The maximum absolute atomic E-state index is 12.7. The topological polar surface area (TPSA) is 109 Å². The number of amides is 4. The molecule has 1 aliphatic heterocycles. The molecule has 0 bridgehead atoms. The van der Waals surface area contributed by atoms with Gasteiger partial charge in [-0.15, -0.1) is 0 Å². The summed E-state index contributed by atoms with van der Waals surface area (Å²) in [4.78, 5) is 37.8. The van der Waals surface area contributed by atoms with E-state index in [9.17, 15) is 19.5 Å². The maximum atomic E-state index is 12.7. The molecule has 4 amide bonds. The van der Waals surface area contributed by atoms with Crippen molar-refractivity contribution in [3.63, 3.8) is 0 Å². The van der Waals surface area contributed by atoms with Crippen LogP contribution >= 0.6 is 22.6 Å². The molecule has 0 spiro atoms. The van der Waals surface area contributed by atoms with Crippen molar-refractivity contribution < 1.29 is 28.6 Å². The number of aromatic hydroxyl groups is 1. The standard InChI is InChI=1S/C18H15IN2O6/c1-2-26-14-8-10(7-13(19)15(14)22)6-12-16(23)20-18(25)21(17(12)24)9-11-4-3-5-27-11/h3-8,22H,2,9H2,1H3,(H,20,23,25). The third-order valence-electron chi connectivity index (χ3n) is 3.74. The number of nitrogens with one attached hydrogen (secondary N) is 1. The Labute approximate surface area is 167 Å². The second-order valence-electron chi connectivity index (χ2n) is 5.57. The number of carbonyl (C=O) groups is 3. The third-order valence-corrected chi connectivity index (χ3v) is 4.56. The van der Waals surface area contributed by atoms with Crippen LogP contribution in [0.25, 0.3) is 6.08 Å². The Morgan fingerprint density at radius 2 is 2.11 bits per heavy atom. The number of furan rings is 1. The third kappa shape index (κ3) is 3.97. The van der Waals surface area contributed by atoms with E-state index in [-0.39, 0.29) is 23.6 Å². The van der Waals surface area contributed by atoms with Gasteiger partial charge in [0.15, 0.2) is 11.5 Å². The number of benzene rings is 1. The van der Waals surface area contributed by atoms with Gasteiger partial charge in [-0.1, -0.05) is 0 Å². The van der Waals surface area contributed by atoms with Crippen LogP contribution in [0, 0.1) is 3.57 Å². The molecule has 0 saturated carbocycles. The number of phenols is 1. The molecule has 9 heteroatoms. The summed E-state index contributed by atoms with van der Waals surface area (Å²) in [6.07, 6.45) is 2.78. The van der Waals surface area contributed by atoms with Crippen molar-refractivity contribution in [1.82, 2.24) is 10.2 Å². The van der Waals surface area contributed by atoms with Gasteiger partial charge in [-0.3, -0.25) is 19.8 Å². The smallest absolute Gasteiger partial charge is 0.331 e. The number of hydrogen-bond donors (Lipinski definition) is 2. The highest BCUT2D eigenvalue weighted by Crippen LogP contribution is 2.33. The number of imide groups is 2. The molecular weight excluding hydrogens is 467 g/mol. The van der Waals surface area contributed by atoms with Gasteiger partial charge in [0, 0.05) is 0 Å². The van der Waals surface area contributed by atoms with E-state index in [1.165, 1.54) is 18.4 Å². The fraction of sp³-hybridized carbons (Fsp3) is 0.167. The highest BCUT2D eigenvalue weighted by Gasteiger charge is 2.36. The minimum Gasteiger partial charge on any atom is -0.504 e. The predicted molar refractivity (Wildman–Crippen MR) is 103 cm³/mol. The Kier molecular flexibility index (Phi) is 5.49. The fourth-order valence-corrected chi connectivity index (χ4v) is 3.13. The van der Waals surface area contributed by atoms with Gasteiger partial charge >= 0.3 is 6.03 Å². The first kappa shape index (κ1) is 19.0. The van der Waals surface area contributed by atoms with Crippen LogP contribution in [0.3, 0.4) is 0 Å². The van der Waals surface area contributed by atoms with E-state index in [1.807, 2.05) is 22.6 Å². The molecule has 1 fully saturated rings. The minimum atomic E-state index is -0.811. The van der Waals surface area contributed by atoms with Crippen LogP contribution in [0.1, 0.15) is 18.2 Å². The zero-order valence-electron chi connectivity index (χ0n) is 14.2. The average Bonchev–Trinajstić information content (AvgIpc) is 3.13. The molecular formula is C18H15IN2O6. The van der Waals surface area contributed by atoms with Gasteiger partial charge in [-0.05, 0) is 65.4 Å². The summed E-state index contributed by atoms with van der Waals surface area (Å²) in [7, 11) is 0. The van der Waals surface area contributed by atoms with Crippen molar-refractivity contribution >= 4 is 46.5 Å². The minimum absolute atomic E-state index is 0.0198. The predicted octanol–water partition coefficient (Wildman–Crippen LogP) is 2.65. The molecule has 140 valence electrons. The monoisotopic (exact) mass is 482 g/mol. The molecule has 27 heavy (non-hydrogen) atoms. The molecule has 3 rings (SSSR count). The summed E-state index contributed by atoms with van der Waals surface area (Å²) in [6.45, 7) is 2.02. The first-order valence-corrected chi connectivity index (χ1v) is 9.05. The Morgan fingerprint density at radius 3 is 2.78 bits per heavy atom. The lowest BCUT2D eigenvalue weighted by molar-refractivity contribution is -0.130. The van der Waals surface area contributed by atoms with Crippen LogP contribution in [0.15, 0.2) is 40.5 Å².